The molecule has 0 fully saturated rings. The Balaban J connectivity index is 1.97. The van der Waals surface area contributed by atoms with Crippen molar-refractivity contribution in [1.29, 1.82) is 0 Å². The first-order valence-electron chi connectivity index (χ1n) is 9.50. The normalized spacial score (nSPS) is 11.1. The maximum absolute atomic E-state index is 13.4. The Bertz CT molecular complexity index is 1180. The van der Waals surface area contributed by atoms with Crippen LogP contribution in [0.15, 0.2) is 71.6 Å². The van der Waals surface area contributed by atoms with Crippen LogP contribution in [0.4, 0.5) is 11.4 Å². The van der Waals surface area contributed by atoms with Crippen molar-refractivity contribution in [3.05, 3.63) is 82.9 Å². The van der Waals surface area contributed by atoms with Crippen molar-refractivity contribution in [2.75, 3.05) is 23.3 Å². The number of anilines is 2. The fourth-order valence-corrected chi connectivity index (χ4v) is 4.91. The summed E-state index contributed by atoms with van der Waals surface area (Å²) in [6, 6.07) is 18.2. The zero-order valence-electron chi connectivity index (χ0n) is 17.4. The number of hydrogen-bond acceptors (Lipinski definition) is 4. The summed E-state index contributed by atoms with van der Waals surface area (Å²) in [4.78, 5) is 12.9. The van der Waals surface area contributed by atoms with Gasteiger partial charge in [-0.2, -0.15) is 0 Å². The molecule has 0 spiro atoms. The lowest BCUT2D eigenvalue weighted by molar-refractivity contribution is -0.114. The highest BCUT2D eigenvalue weighted by molar-refractivity contribution is 7.92. The molecule has 1 N–H and O–H groups in total. The van der Waals surface area contributed by atoms with Crippen LogP contribution in [0.25, 0.3) is 0 Å². The van der Waals surface area contributed by atoms with Crippen LogP contribution in [0.3, 0.4) is 0 Å². The zero-order chi connectivity index (χ0) is 22.6. The Kier molecular flexibility index (Phi) is 6.87. The second kappa shape index (κ2) is 9.41. The van der Waals surface area contributed by atoms with Crippen LogP contribution < -0.4 is 14.4 Å². The molecule has 0 aliphatic heterocycles. The van der Waals surface area contributed by atoms with Crippen LogP contribution in [0.1, 0.15) is 11.1 Å². The molecule has 0 aromatic heterocycles. The van der Waals surface area contributed by atoms with E-state index in [9.17, 15) is 13.2 Å². The van der Waals surface area contributed by atoms with Crippen LogP contribution >= 0.6 is 11.6 Å². The quantitative estimate of drug-likeness (QED) is 0.551. The molecule has 3 rings (SSSR count). The number of hydrogen-bond donors (Lipinski definition) is 1. The number of rotatable bonds is 7. The number of sulfonamides is 1. The smallest absolute Gasteiger partial charge is 0.264 e. The third kappa shape index (κ3) is 5.37. The monoisotopic (exact) mass is 458 g/mol. The number of carbonyl (C=O) groups excluding carboxylic acids is 1. The molecule has 0 saturated carbocycles. The number of ether oxygens (including phenoxy) is 1. The van der Waals surface area contributed by atoms with Gasteiger partial charge in [0.15, 0.2) is 0 Å². The summed E-state index contributed by atoms with van der Waals surface area (Å²) < 4.78 is 32.9. The summed E-state index contributed by atoms with van der Waals surface area (Å²) in [5.74, 6) is -0.0707. The van der Waals surface area contributed by atoms with Crippen molar-refractivity contribution >= 4 is 38.9 Å². The number of methoxy groups -OCH3 is 1. The van der Waals surface area contributed by atoms with E-state index in [-0.39, 0.29) is 15.6 Å². The van der Waals surface area contributed by atoms with E-state index in [1.54, 1.807) is 30.3 Å². The van der Waals surface area contributed by atoms with E-state index in [1.807, 2.05) is 32.0 Å². The van der Waals surface area contributed by atoms with Gasteiger partial charge >= 0.3 is 0 Å². The predicted octanol–water partition coefficient (Wildman–Crippen LogP) is 4.80. The maximum atomic E-state index is 13.4. The van der Waals surface area contributed by atoms with Crippen LogP contribution in [-0.2, 0) is 14.8 Å². The van der Waals surface area contributed by atoms with E-state index in [4.69, 9.17) is 16.3 Å². The fourth-order valence-electron chi connectivity index (χ4n) is 3.22. The van der Waals surface area contributed by atoms with Gasteiger partial charge in [0, 0.05) is 5.69 Å². The van der Waals surface area contributed by atoms with Crippen molar-refractivity contribution in [1.82, 2.24) is 0 Å². The molecule has 8 heteroatoms. The minimum absolute atomic E-state index is 0.0705. The molecule has 3 aromatic rings. The maximum Gasteiger partial charge on any atom is 0.264 e. The Morgan fingerprint density at radius 3 is 2.23 bits per heavy atom. The number of benzene rings is 3. The highest BCUT2D eigenvalue weighted by Gasteiger charge is 2.27. The average Bonchev–Trinajstić information content (AvgIpc) is 2.71. The second-order valence-corrected chi connectivity index (χ2v) is 9.34. The first-order valence-corrected chi connectivity index (χ1v) is 11.3. The van der Waals surface area contributed by atoms with Gasteiger partial charge in [0.1, 0.15) is 12.3 Å². The molecule has 6 nitrogen and oxygen atoms in total. The molecule has 0 atom stereocenters. The third-order valence-electron chi connectivity index (χ3n) is 4.55. The van der Waals surface area contributed by atoms with Crippen molar-refractivity contribution in [2.24, 2.45) is 0 Å². The third-order valence-corrected chi connectivity index (χ3v) is 6.63. The van der Waals surface area contributed by atoms with Gasteiger partial charge in [-0.15, -0.1) is 0 Å². The number of nitrogens with zero attached hydrogens (tertiary/aromatic N) is 1. The molecule has 162 valence electrons. The molecule has 31 heavy (non-hydrogen) atoms. The lowest BCUT2D eigenvalue weighted by Crippen LogP contribution is -2.38. The Labute approximate surface area is 187 Å². The second-order valence-electron chi connectivity index (χ2n) is 7.07. The topological polar surface area (TPSA) is 75.7 Å². The predicted molar refractivity (Wildman–Crippen MR) is 124 cm³/mol. The van der Waals surface area contributed by atoms with Gasteiger partial charge in [-0.1, -0.05) is 35.9 Å². The fraction of sp³-hybridized carbons (Fsp3) is 0.174. The van der Waals surface area contributed by atoms with E-state index >= 15 is 0 Å². The van der Waals surface area contributed by atoms with Gasteiger partial charge < -0.3 is 10.1 Å². The molecule has 0 heterocycles. The average molecular weight is 459 g/mol. The lowest BCUT2D eigenvalue weighted by atomic mass is 10.1. The van der Waals surface area contributed by atoms with E-state index in [0.717, 1.165) is 15.4 Å². The van der Waals surface area contributed by atoms with E-state index in [0.29, 0.717) is 11.4 Å². The van der Waals surface area contributed by atoms with Gasteiger partial charge in [0.05, 0.1) is 22.7 Å². The van der Waals surface area contributed by atoms with E-state index < -0.39 is 22.5 Å². The Hall–Kier alpha value is -3.03. The molecule has 1 amide bonds. The standard InChI is InChI=1S/C23H23ClN2O4S/c1-16-11-17(2)13-18(12-16)25-23(27)15-26(19-9-10-22(30-3)21(24)14-19)31(28,29)20-7-5-4-6-8-20/h4-14H,15H2,1-3H3,(H,25,27). The minimum Gasteiger partial charge on any atom is -0.495 e. The van der Waals surface area contributed by atoms with E-state index in [2.05, 4.69) is 5.32 Å². The summed E-state index contributed by atoms with van der Waals surface area (Å²) in [5, 5.41) is 3.02. The Morgan fingerprint density at radius 2 is 1.65 bits per heavy atom. The summed E-state index contributed by atoms with van der Waals surface area (Å²) in [6.07, 6.45) is 0. The summed E-state index contributed by atoms with van der Waals surface area (Å²) in [7, 11) is -2.55. The number of aryl methyl sites for hydroxylation is 2. The molecule has 0 saturated heterocycles. The highest BCUT2D eigenvalue weighted by Crippen LogP contribution is 2.32. The van der Waals surface area contributed by atoms with Gasteiger partial charge in [0.25, 0.3) is 10.0 Å². The molecular formula is C23H23ClN2O4S. The lowest BCUT2D eigenvalue weighted by Gasteiger charge is -2.24. The largest absolute Gasteiger partial charge is 0.495 e. The molecule has 0 radical (unpaired) electrons. The SMILES string of the molecule is COc1ccc(N(CC(=O)Nc2cc(C)cc(C)c2)S(=O)(=O)c2ccccc2)cc1Cl. The van der Waals surface area contributed by atoms with Crippen molar-refractivity contribution in [3.63, 3.8) is 0 Å². The first kappa shape index (κ1) is 22.7. The van der Waals surface area contributed by atoms with E-state index in [1.165, 1.54) is 25.3 Å². The number of nitrogens with one attached hydrogen (secondary N) is 1. The van der Waals surface area contributed by atoms with Crippen molar-refractivity contribution in [2.45, 2.75) is 18.7 Å². The molecule has 3 aromatic carbocycles. The van der Waals surface area contributed by atoms with Gasteiger partial charge in [-0.25, -0.2) is 8.42 Å². The van der Waals surface area contributed by atoms with Gasteiger partial charge in [0.2, 0.25) is 5.91 Å². The van der Waals surface area contributed by atoms with Crippen molar-refractivity contribution < 1.29 is 17.9 Å². The molecule has 0 aliphatic rings. The van der Waals surface area contributed by atoms with Gasteiger partial charge in [-0.05, 0) is 67.4 Å². The van der Waals surface area contributed by atoms with Gasteiger partial charge in [-0.3, -0.25) is 9.10 Å². The molecule has 0 aliphatic carbocycles. The number of halogens is 1. The summed E-state index contributed by atoms with van der Waals surface area (Å²) in [6.45, 7) is 3.43. The van der Waals surface area contributed by atoms with Crippen LogP contribution in [0, 0.1) is 13.8 Å². The minimum atomic E-state index is -4.02. The zero-order valence-corrected chi connectivity index (χ0v) is 19.0. The van der Waals surface area contributed by atoms with Crippen LogP contribution in [0.5, 0.6) is 5.75 Å². The van der Waals surface area contributed by atoms with Crippen LogP contribution in [0.2, 0.25) is 5.02 Å². The summed E-state index contributed by atoms with van der Waals surface area (Å²) >= 11 is 6.22. The van der Waals surface area contributed by atoms with Crippen LogP contribution in [-0.4, -0.2) is 28.0 Å². The number of carbonyl (C=O) groups is 1. The summed E-state index contributed by atoms with van der Waals surface area (Å²) in [5.41, 5.74) is 2.84. The molecule has 0 bridgehead atoms. The molecule has 0 unspecified atom stereocenters. The van der Waals surface area contributed by atoms with Crippen molar-refractivity contribution in [3.8, 4) is 5.75 Å². The molecular weight excluding hydrogens is 436 g/mol. The number of amides is 1. The first-order chi connectivity index (χ1) is 14.7. The highest BCUT2D eigenvalue weighted by atomic mass is 35.5. The Morgan fingerprint density at radius 1 is 1.00 bits per heavy atom.